The lowest BCUT2D eigenvalue weighted by Crippen LogP contribution is -1.95. The van der Waals surface area contributed by atoms with Crippen LogP contribution in [0.2, 0.25) is 0 Å². The molecule has 0 aliphatic rings. The third kappa shape index (κ3) is 5.47. The van der Waals surface area contributed by atoms with Crippen LogP contribution in [0.3, 0.4) is 0 Å². The first-order valence-electron chi connectivity index (χ1n) is 3.01. The van der Waals surface area contributed by atoms with Gasteiger partial charge in [-0.2, -0.15) is 0 Å². The standard InChI is InChI=1S/C6H12NO/c1-2-3-4-5-6(7)8/h7H,2-5H2,1H3. The molecule has 0 aromatic carbocycles. The van der Waals surface area contributed by atoms with Crippen molar-refractivity contribution in [2.45, 2.75) is 32.6 Å². The molecule has 2 heteroatoms. The van der Waals surface area contributed by atoms with Gasteiger partial charge in [-0.1, -0.05) is 19.8 Å². The average molecular weight is 114 g/mol. The molecule has 0 spiro atoms. The molecule has 1 radical (unpaired) electrons. The Morgan fingerprint density at radius 3 is 2.50 bits per heavy atom. The maximum Gasteiger partial charge on any atom is 0.238 e. The fourth-order valence-corrected chi connectivity index (χ4v) is 0.536. The zero-order chi connectivity index (χ0) is 6.41. The minimum absolute atomic E-state index is 0.432. The normalized spacial score (nSPS) is 9.12. The number of carbonyl (C=O) groups is 1. The Labute approximate surface area is 50.1 Å². The molecular weight excluding hydrogens is 102 g/mol. The SMILES string of the molecule is CCCCCC([NH])=O. The van der Waals surface area contributed by atoms with Crippen LogP contribution >= 0.6 is 0 Å². The Balaban J connectivity index is 2.82. The number of rotatable bonds is 4. The molecule has 0 bridgehead atoms. The van der Waals surface area contributed by atoms with Gasteiger partial charge in [0.25, 0.3) is 0 Å². The number of carbonyl (C=O) groups excluding carboxylic acids is 1. The van der Waals surface area contributed by atoms with E-state index < -0.39 is 5.91 Å². The van der Waals surface area contributed by atoms with Crippen LogP contribution in [0.4, 0.5) is 0 Å². The molecule has 1 amide bonds. The van der Waals surface area contributed by atoms with E-state index in [2.05, 4.69) is 6.92 Å². The van der Waals surface area contributed by atoms with Crippen molar-refractivity contribution >= 4 is 5.91 Å². The van der Waals surface area contributed by atoms with Gasteiger partial charge >= 0.3 is 0 Å². The number of amides is 1. The van der Waals surface area contributed by atoms with Gasteiger partial charge < -0.3 is 0 Å². The highest BCUT2D eigenvalue weighted by molar-refractivity contribution is 5.72. The summed E-state index contributed by atoms with van der Waals surface area (Å²) >= 11 is 0. The fourth-order valence-electron chi connectivity index (χ4n) is 0.536. The molecule has 0 rings (SSSR count). The predicted octanol–water partition coefficient (Wildman–Crippen LogP) is 1.38. The Bertz CT molecular complexity index is 70.9. The summed E-state index contributed by atoms with van der Waals surface area (Å²) < 4.78 is 0. The van der Waals surface area contributed by atoms with Crippen LogP contribution in [-0.2, 0) is 4.79 Å². The first-order chi connectivity index (χ1) is 3.77. The van der Waals surface area contributed by atoms with Crippen molar-refractivity contribution in [3.8, 4) is 0 Å². The molecule has 2 nitrogen and oxygen atoms in total. The van der Waals surface area contributed by atoms with Crippen molar-refractivity contribution < 1.29 is 4.79 Å². The molecule has 0 fully saturated rings. The van der Waals surface area contributed by atoms with E-state index in [1.54, 1.807) is 0 Å². The van der Waals surface area contributed by atoms with E-state index in [4.69, 9.17) is 5.73 Å². The monoisotopic (exact) mass is 114 g/mol. The maximum absolute atomic E-state index is 9.99. The van der Waals surface area contributed by atoms with Gasteiger partial charge in [-0.05, 0) is 6.42 Å². The lowest BCUT2D eigenvalue weighted by molar-refractivity contribution is -0.118. The third-order valence-corrected chi connectivity index (χ3v) is 1.01. The van der Waals surface area contributed by atoms with E-state index >= 15 is 0 Å². The Kier molecular flexibility index (Phi) is 4.32. The van der Waals surface area contributed by atoms with Gasteiger partial charge in [0, 0.05) is 6.42 Å². The quantitative estimate of drug-likeness (QED) is 0.509. The second kappa shape index (κ2) is 4.62. The number of hydrogen-bond acceptors (Lipinski definition) is 1. The van der Waals surface area contributed by atoms with Crippen LogP contribution in [0.15, 0.2) is 0 Å². The molecule has 0 unspecified atom stereocenters. The van der Waals surface area contributed by atoms with Gasteiger partial charge in [0.05, 0.1) is 0 Å². The van der Waals surface area contributed by atoms with E-state index in [1.165, 1.54) is 0 Å². The molecule has 1 N–H and O–H groups in total. The lowest BCUT2D eigenvalue weighted by Gasteiger charge is -1.89. The summed E-state index contributed by atoms with van der Waals surface area (Å²) in [6.07, 6.45) is 3.52. The molecular formula is C6H12NO. The summed E-state index contributed by atoms with van der Waals surface area (Å²) in [5, 5.41) is 0. The Morgan fingerprint density at radius 2 is 2.12 bits per heavy atom. The summed E-state index contributed by atoms with van der Waals surface area (Å²) in [7, 11) is 0. The minimum Gasteiger partial charge on any atom is -0.273 e. The van der Waals surface area contributed by atoms with Gasteiger partial charge in [0.15, 0.2) is 0 Å². The second-order valence-electron chi connectivity index (χ2n) is 1.88. The van der Waals surface area contributed by atoms with Crippen molar-refractivity contribution in [2.24, 2.45) is 0 Å². The van der Waals surface area contributed by atoms with Crippen molar-refractivity contribution in [1.29, 1.82) is 0 Å². The molecule has 0 saturated heterocycles. The molecule has 0 atom stereocenters. The number of hydrogen-bond donors (Lipinski definition) is 0. The summed E-state index contributed by atoms with van der Waals surface area (Å²) in [5.74, 6) is -0.432. The van der Waals surface area contributed by atoms with Gasteiger partial charge in [-0.25, -0.2) is 0 Å². The Morgan fingerprint density at radius 1 is 1.50 bits per heavy atom. The molecule has 8 heavy (non-hydrogen) atoms. The van der Waals surface area contributed by atoms with Gasteiger partial charge in [0.1, 0.15) is 0 Å². The van der Waals surface area contributed by atoms with E-state index in [-0.39, 0.29) is 0 Å². The first-order valence-corrected chi connectivity index (χ1v) is 3.01. The maximum atomic E-state index is 9.99. The lowest BCUT2D eigenvalue weighted by atomic mass is 10.2. The Hall–Kier alpha value is -0.530. The summed E-state index contributed by atoms with van der Waals surface area (Å²) in [6.45, 7) is 2.08. The minimum atomic E-state index is -0.432. The van der Waals surface area contributed by atoms with Crippen molar-refractivity contribution in [3.63, 3.8) is 0 Å². The summed E-state index contributed by atoms with van der Waals surface area (Å²) in [5.41, 5.74) is 6.52. The number of unbranched alkanes of at least 4 members (excludes halogenated alkanes) is 2. The van der Waals surface area contributed by atoms with Gasteiger partial charge in [0.2, 0.25) is 5.91 Å². The van der Waals surface area contributed by atoms with Crippen LogP contribution in [0.1, 0.15) is 32.6 Å². The van der Waals surface area contributed by atoms with Crippen molar-refractivity contribution in [3.05, 3.63) is 0 Å². The molecule has 0 saturated carbocycles. The molecule has 0 heterocycles. The van der Waals surface area contributed by atoms with E-state index in [1.807, 2.05) is 0 Å². The van der Waals surface area contributed by atoms with Crippen molar-refractivity contribution in [2.75, 3.05) is 0 Å². The molecule has 0 aliphatic heterocycles. The highest BCUT2D eigenvalue weighted by atomic mass is 16.1. The zero-order valence-corrected chi connectivity index (χ0v) is 5.24. The van der Waals surface area contributed by atoms with Crippen LogP contribution in [0.25, 0.3) is 0 Å². The molecule has 0 aromatic rings. The van der Waals surface area contributed by atoms with E-state index in [0.717, 1.165) is 19.3 Å². The average Bonchev–Trinajstić information content (AvgIpc) is 1.66. The molecule has 0 aromatic heterocycles. The van der Waals surface area contributed by atoms with Gasteiger partial charge in [-0.3, -0.25) is 10.5 Å². The van der Waals surface area contributed by atoms with Crippen LogP contribution < -0.4 is 5.73 Å². The highest BCUT2D eigenvalue weighted by Crippen LogP contribution is 1.96. The largest absolute Gasteiger partial charge is 0.273 e. The first kappa shape index (κ1) is 7.47. The van der Waals surface area contributed by atoms with E-state index in [0.29, 0.717) is 6.42 Å². The number of nitrogens with one attached hydrogen (secondary N) is 1. The third-order valence-electron chi connectivity index (χ3n) is 1.01. The zero-order valence-electron chi connectivity index (χ0n) is 5.24. The highest BCUT2D eigenvalue weighted by Gasteiger charge is 1.91. The summed E-state index contributed by atoms with van der Waals surface area (Å²) in [6, 6.07) is 0. The second-order valence-corrected chi connectivity index (χ2v) is 1.88. The predicted molar refractivity (Wildman–Crippen MR) is 32.2 cm³/mol. The van der Waals surface area contributed by atoms with Crippen LogP contribution in [0.5, 0.6) is 0 Å². The fraction of sp³-hybridized carbons (Fsp3) is 0.833. The van der Waals surface area contributed by atoms with E-state index in [9.17, 15) is 4.79 Å². The molecule has 0 aliphatic carbocycles. The van der Waals surface area contributed by atoms with Crippen LogP contribution in [0, 0.1) is 0 Å². The molecule has 47 valence electrons. The topological polar surface area (TPSA) is 40.9 Å². The summed E-state index contributed by atoms with van der Waals surface area (Å²) in [4.78, 5) is 9.99. The van der Waals surface area contributed by atoms with Gasteiger partial charge in [-0.15, -0.1) is 0 Å². The van der Waals surface area contributed by atoms with Crippen molar-refractivity contribution in [1.82, 2.24) is 5.73 Å². The smallest absolute Gasteiger partial charge is 0.238 e. The van der Waals surface area contributed by atoms with Crippen LogP contribution in [-0.4, -0.2) is 5.91 Å².